The lowest BCUT2D eigenvalue weighted by molar-refractivity contribution is 0.0996. The average Bonchev–Trinajstić information content (AvgIpc) is 2.66. The van der Waals surface area contributed by atoms with Gasteiger partial charge in [0, 0.05) is 20.8 Å². The highest BCUT2D eigenvalue weighted by atomic mass is 127. The molecule has 7 nitrogen and oxygen atoms in total. The van der Waals surface area contributed by atoms with Crippen LogP contribution in [-0.2, 0) is 6.42 Å². The van der Waals surface area contributed by atoms with Crippen LogP contribution in [0.1, 0.15) is 61.3 Å². The average molecular weight is 508 g/mol. The van der Waals surface area contributed by atoms with Gasteiger partial charge in [0.15, 0.2) is 11.5 Å². The molecule has 29 heavy (non-hydrogen) atoms. The lowest BCUT2D eigenvalue weighted by atomic mass is 9.87. The van der Waals surface area contributed by atoms with Crippen molar-refractivity contribution in [2.24, 2.45) is 5.73 Å². The molecule has 0 bridgehead atoms. The predicted molar refractivity (Wildman–Crippen MR) is 127 cm³/mol. The second kappa shape index (κ2) is 8.73. The van der Waals surface area contributed by atoms with E-state index in [-0.39, 0.29) is 5.69 Å². The van der Waals surface area contributed by atoms with Crippen LogP contribution in [-0.4, -0.2) is 25.3 Å². The summed E-state index contributed by atoms with van der Waals surface area (Å²) in [5.74, 6) is 0.441. The van der Waals surface area contributed by atoms with Gasteiger partial charge in [0.2, 0.25) is 0 Å². The largest absolute Gasteiger partial charge is 0.398 e. The Morgan fingerprint density at radius 2 is 1.97 bits per heavy atom. The summed E-state index contributed by atoms with van der Waals surface area (Å²) in [6.45, 7) is 6.24. The molecule has 156 valence electrons. The Morgan fingerprint density at radius 3 is 2.55 bits per heavy atom. The zero-order valence-electron chi connectivity index (χ0n) is 17.2. The molecule has 1 aliphatic rings. The molecular formula is C21H29IN6O. The number of aryl methyl sites for hydroxylation is 2. The van der Waals surface area contributed by atoms with Gasteiger partial charge in [-0.05, 0) is 56.7 Å². The van der Waals surface area contributed by atoms with E-state index in [4.69, 9.17) is 16.5 Å². The van der Waals surface area contributed by atoms with Crippen LogP contribution in [0.25, 0.3) is 0 Å². The maximum atomic E-state index is 12.0. The Bertz CT molecular complexity index is 904. The maximum Gasteiger partial charge on any atom is 0.271 e. The molecule has 1 aromatic heterocycles. The zero-order chi connectivity index (χ0) is 21.2. The van der Waals surface area contributed by atoms with E-state index in [2.05, 4.69) is 45.1 Å². The number of hydrogen-bond donors (Lipinski definition) is 4. The van der Waals surface area contributed by atoms with Crippen LogP contribution in [0.3, 0.4) is 0 Å². The minimum absolute atomic E-state index is 0.134. The summed E-state index contributed by atoms with van der Waals surface area (Å²) < 4.78 is 0.364. The highest BCUT2D eigenvalue weighted by molar-refractivity contribution is 14.1. The number of carbonyl (C=O) groups is 1. The quantitative estimate of drug-likeness (QED) is 0.262. The van der Waals surface area contributed by atoms with Crippen LogP contribution in [0.4, 0.5) is 23.0 Å². The number of hydrogen-bond acceptors (Lipinski definition) is 6. The first kappa shape index (κ1) is 21.6. The van der Waals surface area contributed by atoms with Gasteiger partial charge in [-0.3, -0.25) is 4.79 Å². The number of anilines is 4. The smallest absolute Gasteiger partial charge is 0.271 e. The van der Waals surface area contributed by atoms with Crippen LogP contribution in [0, 0.1) is 6.92 Å². The highest BCUT2D eigenvalue weighted by Gasteiger charge is 2.29. The van der Waals surface area contributed by atoms with E-state index in [1.165, 1.54) is 0 Å². The third-order valence-electron chi connectivity index (χ3n) is 5.45. The van der Waals surface area contributed by atoms with Crippen LogP contribution >= 0.6 is 22.6 Å². The summed E-state index contributed by atoms with van der Waals surface area (Å²) >= 11 is 2.55. The van der Waals surface area contributed by atoms with Gasteiger partial charge < -0.3 is 22.1 Å². The number of nitrogens with zero attached hydrogens (tertiary/aromatic N) is 2. The van der Waals surface area contributed by atoms with E-state index in [9.17, 15) is 4.79 Å². The molecule has 1 heterocycles. The molecule has 0 atom stereocenters. The summed E-state index contributed by atoms with van der Waals surface area (Å²) in [4.78, 5) is 21.2. The molecule has 0 unspecified atom stereocenters. The number of amides is 1. The topological polar surface area (TPSA) is 119 Å². The first-order chi connectivity index (χ1) is 13.7. The Balaban J connectivity index is 1.91. The van der Waals surface area contributed by atoms with E-state index in [0.717, 1.165) is 42.6 Å². The Hall–Kier alpha value is -2.10. The molecule has 3 rings (SSSR count). The molecule has 2 aromatic rings. The minimum atomic E-state index is -0.611. The monoisotopic (exact) mass is 508 g/mol. The van der Waals surface area contributed by atoms with Crippen LogP contribution in [0.2, 0.25) is 0 Å². The van der Waals surface area contributed by atoms with Crippen LogP contribution < -0.4 is 22.1 Å². The summed E-state index contributed by atoms with van der Waals surface area (Å²) in [6.07, 6.45) is 5.14. The molecule has 0 spiro atoms. The van der Waals surface area contributed by atoms with Crippen LogP contribution in [0.5, 0.6) is 0 Å². The Kier molecular flexibility index (Phi) is 6.50. The minimum Gasteiger partial charge on any atom is -0.398 e. The molecule has 1 saturated carbocycles. The second-order valence-corrected chi connectivity index (χ2v) is 10.6. The number of primary amides is 1. The molecule has 8 heteroatoms. The summed E-state index contributed by atoms with van der Waals surface area (Å²) in [6, 6.07) is 5.96. The fraction of sp³-hybridized carbons (Fsp3) is 0.476. The number of halogens is 1. The zero-order valence-corrected chi connectivity index (χ0v) is 19.3. The van der Waals surface area contributed by atoms with Gasteiger partial charge in [-0.15, -0.1) is 0 Å². The molecule has 1 amide bonds. The van der Waals surface area contributed by atoms with Gasteiger partial charge in [-0.1, -0.05) is 42.5 Å². The fourth-order valence-corrected chi connectivity index (χ4v) is 4.13. The Morgan fingerprint density at radius 1 is 1.28 bits per heavy atom. The summed E-state index contributed by atoms with van der Waals surface area (Å²) in [5.41, 5.74) is 14.9. The van der Waals surface area contributed by atoms with Gasteiger partial charge in [0.25, 0.3) is 5.91 Å². The van der Waals surface area contributed by atoms with Gasteiger partial charge in [-0.25, -0.2) is 9.97 Å². The molecule has 6 N–H and O–H groups in total. The number of nitrogens with two attached hydrogens (primary N) is 2. The molecule has 0 radical (unpaired) electrons. The molecule has 1 aromatic carbocycles. The van der Waals surface area contributed by atoms with E-state index in [1.54, 1.807) is 0 Å². The van der Waals surface area contributed by atoms with Crippen molar-refractivity contribution < 1.29 is 4.79 Å². The molecule has 0 saturated heterocycles. The van der Waals surface area contributed by atoms with Gasteiger partial charge in [0.1, 0.15) is 5.82 Å². The third-order valence-corrected chi connectivity index (χ3v) is 6.53. The fourth-order valence-electron chi connectivity index (χ4n) is 3.50. The molecule has 0 aliphatic heterocycles. The van der Waals surface area contributed by atoms with E-state index < -0.39 is 5.91 Å². The number of nitrogens with one attached hydrogen (secondary N) is 2. The number of nitrogen functional groups attached to an aromatic ring is 1. The van der Waals surface area contributed by atoms with E-state index in [1.807, 2.05) is 32.0 Å². The SMILES string of the molecule is CCc1nc(C(N)=O)c(Nc2ccc(C)c(N)c2)nc1N[C@H]1CC[C@@](C)(I)CC1. The van der Waals surface area contributed by atoms with Crippen molar-refractivity contribution in [1.29, 1.82) is 0 Å². The number of alkyl halides is 1. The number of aromatic nitrogens is 2. The third kappa shape index (κ3) is 5.29. The van der Waals surface area contributed by atoms with Gasteiger partial charge in [0.05, 0.1) is 5.69 Å². The highest BCUT2D eigenvalue weighted by Crippen LogP contribution is 2.37. The lowest BCUT2D eigenvalue weighted by Gasteiger charge is -2.33. The van der Waals surface area contributed by atoms with Crippen molar-refractivity contribution in [2.75, 3.05) is 16.4 Å². The van der Waals surface area contributed by atoms with Gasteiger partial charge in [-0.2, -0.15) is 0 Å². The molecular weight excluding hydrogens is 479 g/mol. The van der Waals surface area contributed by atoms with Crippen LogP contribution in [0.15, 0.2) is 18.2 Å². The number of rotatable bonds is 6. The maximum absolute atomic E-state index is 12.0. The van der Waals surface area contributed by atoms with Crippen molar-refractivity contribution in [3.8, 4) is 0 Å². The Labute approximate surface area is 185 Å². The predicted octanol–water partition coefficient (Wildman–Crippen LogP) is 4.32. The van der Waals surface area contributed by atoms with Crippen molar-refractivity contribution in [1.82, 2.24) is 9.97 Å². The number of carbonyl (C=O) groups excluding carboxylic acids is 1. The van der Waals surface area contributed by atoms with Gasteiger partial charge >= 0.3 is 0 Å². The lowest BCUT2D eigenvalue weighted by Crippen LogP contribution is -2.32. The second-order valence-electron chi connectivity index (χ2n) is 7.96. The standard InChI is InChI=1S/C21H29IN6O/c1-4-16-19(25-13-7-9-21(3,22)10-8-13)28-20(17(27-16)18(24)29)26-14-6-5-12(2)15(23)11-14/h5-6,11,13H,4,7-10,23H2,1-3H3,(H2,24,29)(H2,25,26,28)/t13-,21+. The van der Waals surface area contributed by atoms with Crippen molar-refractivity contribution in [3.63, 3.8) is 0 Å². The summed E-state index contributed by atoms with van der Waals surface area (Å²) in [7, 11) is 0. The van der Waals surface area contributed by atoms with Crippen molar-refractivity contribution in [2.45, 2.75) is 62.3 Å². The van der Waals surface area contributed by atoms with Crippen molar-refractivity contribution in [3.05, 3.63) is 35.2 Å². The number of benzene rings is 1. The normalized spacial score (nSPS) is 21.6. The van der Waals surface area contributed by atoms with Crippen molar-refractivity contribution >= 4 is 51.5 Å². The van der Waals surface area contributed by atoms with E-state index >= 15 is 0 Å². The summed E-state index contributed by atoms with van der Waals surface area (Å²) in [5, 5.41) is 6.73. The molecule has 1 aliphatic carbocycles. The first-order valence-electron chi connectivity index (χ1n) is 9.98. The first-order valence-corrected chi connectivity index (χ1v) is 11.1. The molecule has 1 fully saturated rings. The van der Waals surface area contributed by atoms with E-state index in [0.29, 0.717) is 33.2 Å².